The molecule has 0 aliphatic heterocycles. The SMILES string of the molecule is CC(c1ccccc1)c1cc(=O)[nH]c(SC2CCCC2)n1. The molecule has 0 amide bonds. The molecule has 1 unspecified atom stereocenters. The third kappa shape index (κ3) is 3.56. The lowest BCUT2D eigenvalue weighted by atomic mass is 9.98. The van der Waals surface area contributed by atoms with Crippen LogP contribution in [0, 0.1) is 0 Å². The number of nitrogens with one attached hydrogen (secondary N) is 1. The highest BCUT2D eigenvalue weighted by Gasteiger charge is 2.18. The second kappa shape index (κ2) is 6.48. The zero-order valence-corrected chi connectivity index (χ0v) is 13.0. The summed E-state index contributed by atoms with van der Waals surface area (Å²) in [6, 6.07) is 11.8. The maximum atomic E-state index is 11.9. The van der Waals surface area contributed by atoms with E-state index < -0.39 is 0 Å². The minimum absolute atomic E-state index is 0.0525. The van der Waals surface area contributed by atoms with Crippen LogP contribution in [-0.4, -0.2) is 15.2 Å². The maximum Gasteiger partial charge on any atom is 0.251 e. The number of hydrogen-bond donors (Lipinski definition) is 1. The van der Waals surface area contributed by atoms with Crippen molar-refractivity contribution in [2.24, 2.45) is 0 Å². The van der Waals surface area contributed by atoms with Crippen molar-refractivity contribution in [2.75, 3.05) is 0 Å². The predicted octanol–water partition coefficient (Wildman–Crippen LogP) is 3.96. The molecule has 0 bridgehead atoms. The Labute approximate surface area is 129 Å². The summed E-state index contributed by atoms with van der Waals surface area (Å²) in [6.45, 7) is 2.10. The van der Waals surface area contributed by atoms with Gasteiger partial charge < -0.3 is 4.98 Å². The van der Waals surface area contributed by atoms with Gasteiger partial charge in [0, 0.05) is 17.2 Å². The summed E-state index contributed by atoms with van der Waals surface area (Å²) < 4.78 is 0. The first-order chi connectivity index (χ1) is 10.2. The number of hydrogen-bond acceptors (Lipinski definition) is 3. The molecule has 3 rings (SSSR count). The number of aromatic nitrogens is 2. The summed E-state index contributed by atoms with van der Waals surface area (Å²) in [5.74, 6) is 0.136. The summed E-state index contributed by atoms with van der Waals surface area (Å²) in [7, 11) is 0. The van der Waals surface area contributed by atoms with Gasteiger partial charge in [0.15, 0.2) is 5.16 Å². The first-order valence-electron chi connectivity index (χ1n) is 7.55. The van der Waals surface area contributed by atoms with Crippen LogP contribution in [-0.2, 0) is 0 Å². The van der Waals surface area contributed by atoms with Crippen molar-refractivity contribution in [2.45, 2.75) is 48.9 Å². The maximum absolute atomic E-state index is 11.9. The van der Waals surface area contributed by atoms with Gasteiger partial charge in [0.1, 0.15) is 0 Å². The van der Waals surface area contributed by atoms with Gasteiger partial charge in [0.2, 0.25) is 0 Å². The van der Waals surface area contributed by atoms with E-state index in [1.807, 2.05) is 18.2 Å². The van der Waals surface area contributed by atoms with Gasteiger partial charge in [0.05, 0.1) is 5.69 Å². The molecule has 0 radical (unpaired) electrons. The zero-order chi connectivity index (χ0) is 14.7. The van der Waals surface area contributed by atoms with Gasteiger partial charge in [-0.2, -0.15) is 0 Å². The van der Waals surface area contributed by atoms with Crippen LogP contribution in [0.2, 0.25) is 0 Å². The van der Waals surface area contributed by atoms with Gasteiger partial charge in [-0.1, -0.05) is 61.9 Å². The highest BCUT2D eigenvalue weighted by Crippen LogP contribution is 2.33. The van der Waals surface area contributed by atoms with Gasteiger partial charge in [-0.3, -0.25) is 4.79 Å². The molecular formula is C17H20N2OS. The van der Waals surface area contributed by atoms with E-state index in [1.54, 1.807) is 17.8 Å². The predicted molar refractivity (Wildman–Crippen MR) is 86.9 cm³/mol. The van der Waals surface area contributed by atoms with E-state index in [-0.39, 0.29) is 11.5 Å². The number of H-pyrrole nitrogens is 1. The molecular weight excluding hydrogens is 280 g/mol. The summed E-state index contributed by atoms with van der Waals surface area (Å²) in [4.78, 5) is 19.5. The lowest BCUT2D eigenvalue weighted by Crippen LogP contribution is -2.13. The van der Waals surface area contributed by atoms with Crippen molar-refractivity contribution in [3.05, 3.63) is 58.0 Å². The Morgan fingerprint density at radius 3 is 2.67 bits per heavy atom. The second-order valence-corrected chi connectivity index (χ2v) is 6.92. The minimum atomic E-state index is -0.0525. The van der Waals surface area contributed by atoms with Crippen molar-refractivity contribution in [1.29, 1.82) is 0 Å². The fourth-order valence-electron chi connectivity index (χ4n) is 2.81. The van der Waals surface area contributed by atoms with Gasteiger partial charge in [0.25, 0.3) is 5.56 Å². The molecule has 1 aromatic heterocycles. The van der Waals surface area contributed by atoms with Gasteiger partial charge in [-0.05, 0) is 18.4 Å². The Morgan fingerprint density at radius 2 is 1.95 bits per heavy atom. The van der Waals surface area contributed by atoms with E-state index >= 15 is 0 Å². The smallest absolute Gasteiger partial charge is 0.251 e. The monoisotopic (exact) mass is 300 g/mol. The van der Waals surface area contributed by atoms with Crippen molar-refractivity contribution in [3.8, 4) is 0 Å². The standard InChI is InChI=1S/C17H20N2OS/c1-12(13-7-3-2-4-8-13)15-11-16(20)19-17(18-15)21-14-9-5-6-10-14/h2-4,7-8,11-12,14H,5-6,9-10H2,1H3,(H,18,19,20). The molecule has 3 nitrogen and oxygen atoms in total. The van der Waals surface area contributed by atoms with Crippen LogP contribution in [0.25, 0.3) is 0 Å². The molecule has 1 aliphatic rings. The lowest BCUT2D eigenvalue weighted by molar-refractivity contribution is 0.794. The van der Waals surface area contributed by atoms with Crippen molar-refractivity contribution in [3.63, 3.8) is 0 Å². The fourth-order valence-corrected chi connectivity index (χ4v) is 4.01. The quantitative estimate of drug-likeness (QED) is 0.869. The first-order valence-corrected chi connectivity index (χ1v) is 8.43. The van der Waals surface area contributed by atoms with Crippen LogP contribution in [0.4, 0.5) is 0 Å². The number of thioether (sulfide) groups is 1. The molecule has 0 saturated heterocycles. The number of rotatable bonds is 4. The first kappa shape index (κ1) is 14.4. The van der Waals surface area contributed by atoms with Crippen LogP contribution in [0.3, 0.4) is 0 Å². The summed E-state index contributed by atoms with van der Waals surface area (Å²) in [5, 5.41) is 1.38. The minimum Gasteiger partial charge on any atom is -0.301 e. The van der Waals surface area contributed by atoms with E-state index in [1.165, 1.54) is 31.2 Å². The molecule has 1 aliphatic carbocycles. The summed E-state index contributed by atoms with van der Waals surface area (Å²) in [6.07, 6.45) is 5.05. The molecule has 1 heterocycles. The average Bonchev–Trinajstić information content (AvgIpc) is 2.99. The third-order valence-corrected chi connectivity index (χ3v) is 5.28. The molecule has 110 valence electrons. The van der Waals surface area contributed by atoms with E-state index in [0.29, 0.717) is 5.25 Å². The molecule has 2 aromatic rings. The average molecular weight is 300 g/mol. The van der Waals surface area contributed by atoms with Crippen LogP contribution in [0.5, 0.6) is 0 Å². The van der Waals surface area contributed by atoms with E-state index in [0.717, 1.165) is 10.9 Å². The molecule has 1 atom stereocenters. The van der Waals surface area contributed by atoms with Crippen molar-refractivity contribution in [1.82, 2.24) is 9.97 Å². The normalized spacial score (nSPS) is 17.0. The number of aromatic amines is 1. The summed E-state index contributed by atoms with van der Waals surface area (Å²) >= 11 is 1.73. The second-order valence-electron chi connectivity index (χ2n) is 5.63. The molecule has 1 N–H and O–H groups in total. The molecule has 1 saturated carbocycles. The molecule has 0 spiro atoms. The zero-order valence-electron chi connectivity index (χ0n) is 12.2. The van der Waals surface area contributed by atoms with E-state index in [9.17, 15) is 4.79 Å². The van der Waals surface area contributed by atoms with E-state index in [2.05, 4.69) is 29.0 Å². The highest BCUT2D eigenvalue weighted by molar-refractivity contribution is 7.99. The van der Waals surface area contributed by atoms with Crippen molar-refractivity contribution < 1.29 is 0 Å². The Bertz CT molecular complexity index is 647. The number of nitrogens with zero attached hydrogens (tertiary/aromatic N) is 1. The topological polar surface area (TPSA) is 45.8 Å². The van der Waals surface area contributed by atoms with Crippen LogP contribution >= 0.6 is 11.8 Å². The van der Waals surface area contributed by atoms with Gasteiger partial charge >= 0.3 is 0 Å². The van der Waals surface area contributed by atoms with Crippen molar-refractivity contribution >= 4 is 11.8 Å². The lowest BCUT2D eigenvalue weighted by Gasteiger charge is -2.13. The van der Waals surface area contributed by atoms with E-state index in [4.69, 9.17) is 0 Å². The van der Waals surface area contributed by atoms with Gasteiger partial charge in [-0.15, -0.1) is 0 Å². The summed E-state index contributed by atoms with van der Waals surface area (Å²) in [5.41, 5.74) is 1.99. The third-order valence-electron chi connectivity index (χ3n) is 4.06. The molecule has 1 aromatic carbocycles. The number of benzene rings is 1. The van der Waals surface area contributed by atoms with Crippen LogP contribution < -0.4 is 5.56 Å². The Kier molecular flexibility index (Phi) is 4.44. The molecule has 1 fully saturated rings. The highest BCUT2D eigenvalue weighted by atomic mass is 32.2. The largest absolute Gasteiger partial charge is 0.301 e. The van der Waals surface area contributed by atoms with Crippen LogP contribution in [0.15, 0.2) is 46.3 Å². The molecule has 4 heteroatoms. The van der Waals surface area contributed by atoms with Gasteiger partial charge in [-0.25, -0.2) is 4.98 Å². The Hall–Kier alpha value is -1.55. The Balaban J connectivity index is 1.85. The molecule has 21 heavy (non-hydrogen) atoms. The van der Waals surface area contributed by atoms with Crippen LogP contribution in [0.1, 0.15) is 49.8 Å². The fraction of sp³-hybridized carbons (Fsp3) is 0.412. The Morgan fingerprint density at radius 1 is 1.24 bits per heavy atom.